The molecule has 32 heavy (non-hydrogen) atoms. The van der Waals surface area contributed by atoms with Crippen LogP contribution >= 0.6 is 22.9 Å². The lowest BCUT2D eigenvalue weighted by Gasteiger charge is -2.30. The summed E-state index contributed by atoms with van der Waals surface area (Å²) in [5.74, 6) is -0.368. The first-order valence-corrected chi connectivity index (χ1v) is 12.4. The van der Waals surface area contributed by atoms with Crippen LogP contribution in [0.1, 0.15) is 40.9 Å². The number of aryl methyl sites for hydroxylation is 1. The summed E-state index contributed by atoms with van der Waals surface area (Å²) in [6, 6.07) is 13.3. The van der Waals surface area contributed by atoms with Gasteiger partial charge in [0.2, 0.25) is 0 Å². The van der Waals surface area contributed by atoms with Crippen LogP contribution in [0.2, 0.25) is 5.02 Å². The van der Waals surface area contributed by atoms with Gasteiger partial charge in [0.15, 0.2) is 0 Å². The number of hydrogen-bond donors (Lipinski definition) is 1. The van der Waals surface area contributed by atoms with E-state index in [1.54, 1.807) is 11.3 Å². The van der Waals surface area contributed by atoms with Crippen molar-refractivity contribution in [3.63, 3.8) is 0 Å². The van der Waals surface area contributed by atoms with Gasteiger partial charge in [0.05, 0.1) is 17.5 Å². The van der Waals surface area contributed by atoms with E-state index < -0.39 is 0 Å². The Balaban J connectivity index is 1.50. The van der Waals surface area contributed by atoms with Crippen molar-refractivity contribution in [1.29, 1.82) is 0 Å². The fourth-order valence-corrected chi connectivity index (χ4v) is 6.21. The SMILES string of the molecule is C=COC(=O)c1cc(-c2c(C)sc3cc(Cl)ccc23)ccc1N1CC[C@@H](NC2CCC2)C1. The number of esters is 1. The summed E-state index contributed by atoms with van der Waals surface area (Å²) in [5, 5.41) is 5.65. The number of fused-ring (bicyclic) bond motifs is 1. The highest BCUT2D eigenvalue weighted by atomic mass is 35.5. The van der Waals surface area contributed by atoms with Crippen molar-refractivity contribution in [2.75, 3.05) is 18.0 Å². The molecule has 6 heteroatoms. The third-order valence-corrected chi connectivity index (χ3v) is 7.93. The predicted octanol–water partition coefficient (Wildman–Crippen LogP) is 6.55. The molecule has 3 aromatic rings. The summed E-state index contributed by atoms with van der Waals surface area (Å²) >= 11 is 7.92. The topological polar surface area (TPSA) is 41.6 Å². The van der Waals surface area contributed by atoms with Gasteiger partial charge >= 0.3 is 5.97 Å². The first-order chi connectivity index (χ1) is 15.5. The Morgan fingerprint density at radius 3 is 2.81 bits per heavy atom. The van der Waals surface area contributed by atoms with E-state index >= 15 is 0 Å². The van der Waals surface area contributed by atoms with Gasteiger partial charge in [0.25, 0.3) is 0 Å². The molecule has 1 atom stereocenters. The van der Waals surface area contributed by atoms with Gasteiger partial charge in [0.1, 0.15) is 0 Å². The number of hydrogen-bond acceptors (Lipinski definition) is 5. The van der Waals surface area contributed by atoms with Gasteiger partial charge in [-0.1, -0.05) is 36.7 Å². The lowest BCUT2D eigenvalue weighted by Crippen LogP contribution is -2.43. The van der Waals surface area contributed by atoms with Crippen molar-refractivity contribution in [1.82, 2.24) is 5.32 Å². The van der Waals surface area contributed by atoms with Crippen LogP contribution < -0.4 is 10.2 Å². The number of rotatable bonds is 6. The van der Waals surface area contributed by atoms with E-state index in [2.05, 4.69) is 41.9 Å². The molecule has 2 fully saturated rings. The van der Waals surface area contributed by atoms with E-state index in [4.69, 9.17) is 16.3 Å². The van der Waals surface area contributed by atoms with Crippen molar-refractivity contribution < 1.29 is 9.53 Å². The highest BCUT2D eigenvalue weighted by Gasteiger charge is 2.29. The molecule has 2 aromatic carbocycles. The maximum atomic E-state index is 12.9. The van der Waals surface area contributed by atoms with E-state index in [0.29, 0.717) is 17.6 Å². The van der Waals surface area contributed by atoms with E-state index in [1.165, 1.54) is 30.4 Å². The van der Waals surface area contributed by atoms with Crippen molar-refractivity contribution in [2.45, 2.75) is 44.7 Å². The number of nitrogens with one attached hydrogen (secondary N) is 1. The highest BCUT2D eigenvalue weighted by molar-refractivity contribution is 7.19. The summed E-state index contributed by atoms with van der Waals surface area (Å²) < 4.78 is 6.37. The van der Waals surface area contributed by atoms with Crippen LogP contribution in [0.3, 0.4) is 0 Å². The quantitative estimate of drug-likeness (QED) is 0.330. The minimum absolute atomic E-state index is 0.368. The number of halogens is 1. The van der Waals surface area contributed by atoms with Crippen molar-refractivity contribution in [2.24, 2.45) is 0 Å². The number of carbonyl (C=O) groups excluding carboxylic acids is 1. The highest BCUT2D eigenvalue weighted by Crippen LogP contribution is 2.41. The number of benzene rings is 2. The van der Waals surface area contributed by atoms with Crippen LogP contribution in [0, 0.1) is 6.92 Å². The van der Waals surface area contributed by atoms with E-state index in [-0.39, 0.29) is 5.97 Å². The third-order valence-electron chi connectivity index (χ3n) is 6.63. The largest absolute Gasteiger partial charge is 0.431 e. The lowest BCUT2D eigenvalue weighted by molar-refractivity contribution is 0.0665. The molecule has 0 spiro atoms. The predicted molar refractivity (Wildman–Crippen MR) is 134 cm³/mol. The molecule has 0 unspecified atom stereocenters. The second kappa shape index (κ2) is 8.89. The molecule has 5 rings (SSSR count). The van der Waals surface area contributed by atoms with Crippen LogP contribution in [0.4, 0.5) is 5.69 Å². The Bertz CT molecular complexity index is 1180. The zero-order valence-corrected chi connectivity index (χ0v) is 19.8. The van der Waals surface area contributed by atoms with Crippen molar-refractivity contribution in [3.05, 3.63) is 64.7 Å². The smallest absolute Gasteiger partial charge is 0.345 e. The Labute approximate surface area is 197 Å². The zero-order chi connectivity index (χ0) is 22.2. The van der Waals surface area contributed by atoms with Crippen LogP contribution in [-0.4, -0.2) is 31.1 Å². The molecule has 0 amide bonds. The molecule has 4 nitrogen and oxygen atoms in total. The number of ether oxygens (including phenoxy) is 1. The summed E-state index contributed by atoms with van der Waals surface area (Å²) in [5.41, 5.74) is 3.67. The molecule has 1 aliphatic carbocycles. The minimum Gasteiger partial charge on any atom is -0.431 e. The van der Waals surface area contributed by atoms with Gasteiger partial charge < -0.3 is 15.0 Å². The van der Waals surface area contributed by atoms with Gasteiger partial charge in [-0.15, -0.1) is 11.3 Å². The average molecular weight is 467 g/mol. The molecule has 1 aliphatic heterocycles. The minimum atomic E-state index is -0.368. The third kappa shape index (κ3) is 4.05. The number of carbonyl (C=O) groups is 1. The van der Waals surface area contributed by atoms with Crippen LogP contribution in [-0.2, 0) is 4.74 Å². The maximum absolute atomic E-state index is 12.9. The van der Waals surface area contributed by atoms with Crippen LogP contribution in [0.5, 0.6) is 0 Å². The van der Waals surface area contributed by atoms with Gasteiger partial charge in [0, 0.05) is 50.7 Å². The molecule has 1 aromatic heterocycles. The summed E-state index contributed by atoms with van der Waals surface area (Å²) in [6.07, 6.45) is 6.18. The second-order valence-electron chi connectivity index (χ2n) is 8.70. The summed E-state index contributed by atoms with van der Waals surface area (Å²) in [4.78, 5) is 16.4. The van der Waals surface area contributed by atoms with Gasteiger partial charge in [-0.05, 0) is 56.0 Å². The number of nitrogens with zero attached hydrogens (tertiary/aromatic N) is 1. The molecule has 0 bridgehead atoms. The lowest BCUT2D eigenvalue weighted by atomic mass is 9.92. The normalized spacial score (nSPS) is 18.7. The van der Waals surface area contributed by atoms with E-state index in [9.17, 15) is 4.79 Å². The molecule has 166 valence electrons. The number of anilines is 1. The number of thiophene rings is 1. The first-order valence-electron chi connectivity index (χ1n) is 11.2. The van der Waals surface area contributed by atoms with Crippen molar-refractivity contribution in [3.8, 4) is 11.1 Å². The van der Waals surface area contributed by atoms with Crippen LogP contribution in [0.25, 0.3) is 21.2 Å². The van der Waals surface area contributed by atoms with Crippen molar-refractivity contribution >= 4 is 44.7 Å². The Morgan fingerprint density at radius 2 is 2.06 bits per heavy atom. The summed E-state index contributed by atoms with van der Waals surface area (Å²) in [6.45, 7) is 7.52. The first kappa shape index (κ1) is 21.5. The Morgan fingerprint density at radius 1 is 1.22 bits per heavy atom. The van der Waals surface area contributed by atoms with E-state index in [0.717, 1.165) is 51.4 Å². The fraction of sp³-hybridized carbons (Fsp3) is 0.346. The monoisotopic (exact) mass is 466 g/mol. The van der Waals surface area contributed by atoms with Gasteiger partial charge in [-0.25, -0.2) is 4.79 Å². The molecule has 2 aliphatic rings. The van der Waals surface area contributed by atoms with E-state index in [1.807, 2.05) is 18.2 Å². The maximum Gasteiger partial charge on any atom is 0.345 e. The molecule has 2 heterocycles. The fourth-order valence-electron chi connectivity index (χ4n) is 4.84. The molecular formula is C26H27ClN2O2S. The Kier molecular flexibility index (Phi) is 5.97. The Hall–Kier alpha value is -2.34. The van der Waals surface area contributed by atoms with Gasteiger partial charge in [-0.2, -0.15) is 0 Å². The second-order valence-corrected chi connectivity index (χ2v) is 10.4. The molecular weight excluding hydrogens is 440 g/mol. The average Bonchev–Trinajstić information content (AvgIpc) is 3.33. The standard InChI is InChI=1S/C26H27ClN2O2S/c1-3-31-26(30)22-13-17(25-16(2)32-24-14-18(27)8-9-21(24)25)7-10-23(22)29-12-11-20(15-29)28-19-5-4-6-19/h3,7-10,13-14,19-20,28H,1,4-6,11-12,15H2,2H3/t20-/m1/s1. The molecule has 1 saturated carbocycles. The molecule has 1 saturated heterocycles. The molecule has 1 N–H and O–H groups in total. The van der Waals surface area contributed by atoms with Gasteiger partial charge in [-0.3, -0.25) is 0 Å². The van der Waals surface area contributed by atoms with Crippen LogP contribution in [0.15, 0.2) is 49.2 Å². The molecule has 0 radical (unpaired) electrons. The zero-order valence-electron chi connectivity index (χ0n) is 18.2. The summed E-state index contributed by atoms with van der Waals surface area (Å²) in [7, 11) is 0.